The Morgan fingerprint density at radius 2 is 1.69 bits per heavy atom. The molecule has 0 fully saturated rings. The Labute approximate surface area is 81.3 Å². The zero-order valence-corrected chi connectivity index (χ0v) is 8.96. The fourth-order valence-corrected chi connectivity index (χ4v) is 1.11. The maximum absolute atomic E-state index is 2.25. The van der Waals surface area contributed by atoms with Crippen LogP contribution in [0.5, 0.6) is 0 Å². The number of hydrogen-bond acceptors (Lipinski definition) is 0. The van der Waals surface area contributed by atoms with Gasteiger partial charge in [0, 0.05) is 0 Å². The van der Waals surface area contributed by atoms with E-state index >= 15 is 0 Å². The van der Waals surface area contributed by atoms with Crippen LogP contribution in [0.25, 0.3) is 6.08 Å². The van der Waals surface area contributed by atoms with Crippen LogP contribution < -0.4 is 0 Å². The van der Waals surface area contributed by atoms with Crippen LogP contribution in [0.1, 0.15) is 31.9 Å². The molecule has 0 saturated carbocycles. The summed E-state index contributed by atoms with van der Waals surface area (Å²) in [5.74, 6) is 0. The first-order valence-corrected chi connectivity index (χ1v) is 4.74. The fourth-order valence-electron chi connectivity index (χ4n) is 1.11. The van der Waals surface area contributed by atoms with Gasteiger partial charge in [0.2, 0.25) is 0 Å². The molecule has 1 aromatic carbocycles. The summed E-state index contributed by atoms with van der Waals surface area (Å²) < 4.78 is 0. The van der Waals surface area contributed by atoms with Crippen LogP contribution in [-0.2, 0) is 0 Å². The van der Waals surface area contributed by atoms with E-state index in [0.29, 0.717) is 0 Å². The SMILES string of the molecule is Cc1ccccc1/C=C\C(C)(C)C. The van der Waals surface area contributed by atoms with Gasteiger partial charge in [-0.05, 0) is 23.5 Å². The highest BCUT2D eigenvalue weighted by Gasteiger charge is 2.03. The van der Waals surface area contributed by atoms with Crippen LogP contribution in [-0.4, -0.2) is 0 Å². The van der Waals surface area contributed by atoms with Crippen LogP contribution in [0.2, 0.25) is 0 Å². The number of aryl methyl sites for hydroxylation is 1. The van der Waals surface area contributed by atoms with E-state index in [1.807, 2.05) is 0 Å². The van der Waals surface area contributed by atoms with Crippen molar-refractivity contribution in [2.75, 3.05) is 0 Å². The summed E-state index contributed by atoms with van der Waals surface area (Å²) in [6.07, 6.45) is 4.45. The second-order valence-electron chi connectivity index (χ2n) is 4.56. The predicted octanol–water partition coefficient (Wildman–Crippen LogP) is 4.05. The molecule has 0 aliphatic carbocycles. The number of rotatable bonds is 1. The molecular formula is C13H18. The molecule has 0 saturated heterocycles. The molecule has 0 radical (unpaired) electrons. The lowest BCUT2D eigenvalue weighted by Crippen LogP contribution is -1.98. The minimum atomic E-state index is 0.266. The molecule has 0 unspecified atom stereocenters. The summed E-state index contributed by atoms with van der Waals surface area (Å²) in [5, 5.41) is 0. The summed E-state index contributed by atoms with van der Waals surface area (Å²) in [6.45, 7) is 8.77. The summed E-state index contributed by atoms with van der Waals surface area (Å²) in [6, 6.07) is 8.44. The minimum absolute atomic E-state index is 0.266. The molecule has 0 spiro atoms. The van der Waals surface area contributed by atoms with Crippen molar-refractivity contribution in [2.45, 2.75) is 27.7 Å². The van der Waals surface area contributed by atoms with Gasteiger partial charge in [-0.25, -0.2) is 0 Å². The smallest absolute Gasteiger partial charge is 0.0200 e. The maximum Gasteiger partial charge on any atom is -0.0200 e. The Kier molecular flexibility index (Phi) is 2.92. The molecule has 0 aliphatic heterocycles. The van der Waals surface area contributed by atoms with Crippen molar-refractivity contribution in [3.63, 3.8) is 0 Å². The Balaban J connectivity index is 2.86. The first kappa shape index (κ1) is 10.0. The van der Waals surface area contributed by atoms with Crippen LogP contribution in [0.4, 0.5) is 0 Å². The van der Waals surface area contributed by atoms with Crippen LogP contribution in [0.3, 0.4) is 0 Å². The molecule has 0 heterocycles. The van der Waals surface area contributed by atoms with Crippen molar-refractivity contribution in [1.29, 1.82) is 0 Å². The Hall–Kier alpha value is -1.04. The highest BCUT2D eigenvalue weighted by Crippen LogP contribution is 2.18. The molecule has 0 aromatic heterocycles. The van der Waals surface area contributed by atoms with E-state index in [1.165, 1.54) is 11.1 Å². The summed E-state index contributed by atoms with van der Waals surface area (Å²) in [4.78, 5) is 0. The van der Waals surface area contributed by atoms with Crippen molar-refractivity contribution < 1.29 is 0 Å². The van der Waals surface area contributed by atoms with Crippen LogP contribution in [0.15, 0.2) is 30.3 Å². The quantitative estimate of drug-likeness (QED) is 0.602. The second kappa shape index (κ2) is 3.78. The third kappa shape index (κ3) is 3.45. The summed E-state index contributed by atoms with van der Waals surface area (Å²) in [5.41, 5.74) is 2.92. The van der Waals surface area contributed by atoms with Crippen molar-refractivity contribution in [3.8, 4) is 0 Å². The molecule has 0 heteroatoms. The van der Waals surface area contributed by atoms with Gasteiger partial charge in [-0.15, -0.1) is 0 Å². The molecule has 0 amide bonds. The molecule has 70 valence electrons. The van der Waals surface area contributed by atoms with Gasteiger partial charge < -0.3 is 0 Å². The maximum atomic E-state index is 2.25. The highest BCUT2D eigenvalue weighted by molar-refractivity contribution is 5.53. The number of hydrogen-bond donors (Lipinski definition) is 0. The van der Waals surface area contributed by atoms with E-state index < -0.39 is 0 Å². The summed E-state index contributed by atoms with van der Waals surface area (Å²) >= 11 is 0. The standard InChI is InChI=1S/C13H18/c1-11-7-5-6-8-12(11)9-10-13(2,3)4/h5-10H,1-4H3/b10-9-. The zero-order valence-electron chi connectivity index (χ0n) is 8.96. The molecule has 0 N–H and O–H groups in total. The van der Waals surface area contributed by atoms with E-state index in [0.717, 1.165) is 0 Å². The Morgan fingerprint density at radius 3 is 2.23 bits per heavy atom. The lowest BCUT2D eigenvalue weighted by Gasteiger charge is -2.11. The lowest BCUT2D eigenvalue weighted by atomic mass is 9.94. The van der Waals surface area contributed by atoms with E-state index in [9.17, 15) is 0 Å². The van der Waals surface area contributed by atoms with Crippen molar-refractivity contribution in [1.82, 2.24) is 0 Å². The zero-order chi connectivity index (χ0) is 9.90. The molecule has 0 aliphatic rings. The Morgan fingerprint density at radius 1 is 1.08 bits per heavy atom. The highest BCUT2D eigenvalue weighted by atomic mass is 14.1. The topological polar surface area (TPSA) is 0 Å². The average Bonchev–Trinajstić information content (AvgIpc) is 2.01. The van der Waals surface area contributed by atoms with Crippen LogP contribution >= 0.6 is 0 Å². The van der Waals surface area contributed by atoms with E-state index in [4.69, 9.17) is 0 Å². The van der Waals surface area contributed by atoms with Gasteiger partial charge in [0.1, 0.15) is 0 Å². The molecule has 0 atom stereocenters. The first-order chi connectivity index (χ1) is 5.99. The fraction of sp³-hybridized carbons (Fsp3) is 0.385. The van der Waals surface area contributed by atoms with Crippen molar-refractivity contribution in [2.24, 2.45) is 5.41 Å². The van der Waals surface area contributed by atoms with Gasteiger partial charge in [-0.3, -0.25) is 0 Å². The molecule has 1 rings (SSSR count). The molecule has 1 aromatic rings. The summed E-state index contributed by atoms with van der Waals surface area (Å²) in [7, 11) is 0. The van der Waals surface area contributed by atoms with E-state index in [2.05, 4.69) is 64.1 Å². The molecule has 0 bridgehead atoms. The van der Waals surface area contributed by atoms with E-state index in [1.54, 1.807) is 0 Å². The van der Waals surface area contributed by atoms with Gasteiger partial charge in [0.25, 0.3) is 0 Å². The number of benzene rings is 1. The van der Waals surface area contributed by atoms with Gasteiger partial charge in [0.15, 0.2) is 0 Å². The second-order valence-corrected chi connectivity index (χ2v) is 4.56. The lowest BCUT2D eigenvalue weighted by molar-refractivity contribution is 0.547. The largest absolute Gasteiger partial charge is 0.0785 e. The normalized spacial score (nSPS) is 12.3. The predicted molar refractivity (Wildman–Crippen MR) is 59.7 cm³/mol. The van der Waals surface area contributed by atoms with Crippen molar-refractivity contribution in [3.05, 3.63) is 41.5 Å². The van der Waals surface area contributed by atoms with Gasteiger partial charge in [-0.1, -0.05) is 57.2 Å². The molecule has 0 nitrogen and oxygen atoms in total. The molecule has 13 heavy (non-hydrogen) atoms. The van der Waals surface area contributed by atoms with Crippen molar-refractivity contribution >= 4 is 6.08 Å². The minimum Gasteiger partial charge on any atom is -0.0785 e. The number of allylic oxidation sites excluding steroid dienone is 1. The first-order valence-electron chi connectivity index (χ1n) is 4.74. The third-order valence-electron chi connectivity index (χ3n) is 1.95. The average molecular weight is 174 g/mol. The third-order valence-corrected chi connectivity index (χ3v) is 1.95. The Bertz CT molecular complexity index is 300. The van der Waals surface area contributed by atoms with Gasteiger partial charge >= 0.3 is 0 Å². The van der Waals surface area contributed by atoms with Gasteiger partial charge in [-0.2, -0.15) is 0 Å². The molecular weight excluding hydrogens is 156 g/mol. The monoisotopic (exact) mass is 174 g/mol. The van der Waals surface area contributed by atoms with E-state index in [-0.39, 0.29) is 5.41 Å². The van der Waals surface area contributed by atoms with Gasteiger partial charge in [0.05, 0.1) is 0 Å². The van der Waals surface area contributed by atoms with Crippen LogP contribution in [0, 0.1) is 12.3 Å².